The molecule has 0 unspecified atom stereocenters. The monoisotopic (exact) mass is 358 g/mol. The number of nitrogens with one attached hydrogen (secondary N) is 1. The van der Waals surface area contributed by atoms with Crippen LogP contribution in [0.4, 0.5) is 0 Å². The van der Waals surface area contributed by atoms with Gasteiger partial charge in [-0.3, -0.25) is 4.98 Å². The first-order chi connectivity index (χ1) is 12.0. The van der Waals surface area contributed by atoms with Gasteiger partial charge in [-0.05, 0) is 35.7 Å². The maximum Gasteiger partial charge on any atom is 0.249 e. The van der Waals surface area contributed by atoms with E-state index in [-0.39, 0.29) is 17.3 Å². The van der Waals surface area contributed by atoms with Gasteiger partial charge in [-0.2, -0.15) is 0 Å². The lowest BCUT2D eigenvalue weighted by Crippen LogP contribution is -2.23. The van der Waals surface area contributed by atoms with E-state index in [0.717, 1.165) is 5.56 Å². The van der Waals surface area contributed by atoms with Gasteiger partial charge in [0.25, 0.3) is 0 Å². The van der Waals surface area contributed by atoms with Crippen molar-refractivity contribution in [3.8, 4) is 11.5 Å². The second kappa shape index (κ2) is 7.12. The van der Waals surface area contributed by atoms with E-state index in [1.807, 2.05) is 12.1 Å². The van der Waals surface area contributed by atoms with Gasteiger partial charge in [0.15, 0.2) is 0 Å². The Kier molecular flexibility index (Phi) is 4.91. The van der Waals surface area contributed by atoms with Gasteiger partial charge in [-0.25, -0.2) is 13.1 Å². The van der Waals surface area contributed by atoms with Crippen molar-refractivity contribution < 1.29 is 12.8 Å². The Labute approximate surface area is 146 Å². The van der Waals surface area contributed by atoms with Crippen LogP contribution >= 0.6 is 0 Å². The molecule has 0 bridgehead atoms. The van der Waals surface area contributed by atoms with Crippen molar-refractivity contribution in [2.75, 3.05) is 0 Å². The zero-order valence-corrected chi connectivity index (χ0v) is 14.7. The second-order valence-electron chi connectivity index (χ2n) is 5.79. The Morgan fingerprint density at radius 2 is 1.88 bits per heavy atom. The molecule has 0 saturated heterocycles. The number of sulfonamides is 1. The highest BCUT2D eigenvalue weighted by molar-refractivity contribution is 7.89. The molecule has 7 nitrogen and oxygen atoms in total. The summed E-state index contributed by atoms with van der Waals surface area (Å²) < 4.78 is 32.6. The molecule has 1 aromatic carbocycles. The van der Waals surface area contributed by atoms with E-state index in [0.29, 0.717) is 17.4 Å². The van der Waals surface area contributed by atoms with E-state index in [1.54, 1.807) is 36.7 Å². The Hall–Kier alpha value is -2.58. The summed E-state index contributed by atoms with van der Waals surface area (Å²) in [5.41, 5.74) is 1.75. The SMILES string of the molecule is CC(C)c1ccc(S(=O)(=O)NCc2nnc(-c3cccnc3)o2)cc1. The van der Waals surface area contributed by atoms with Crippen molar-refractivity contribution in [1.82, 2.24) is 19.9 Å². The molecule has 0 saturated carbocycles. The van der Waals surface area contributed by atoms with Gasteiger partial charge in [-0.1, -0.05) is 26.0 Å². The van der Waals surface area contributed by atoms with E-state index in [9.17, 15) is 8.42 Å². The standard InChI is InChI=1S/C17H18N4O3S/c1-12(2)13-5-7-15(8-6-13)25(22,23)19-11-16-20-21-17(24-16)14-4-3-9-18-10-14/h3-10,12,19H,11H2,1-2H3. The van der Waals surface area contributed by atoms with Crippen LogP contribution in [0.3, 0.4) is 0 Å². The summed E-state index contributed by atoms with van der Waals surface area (Å²) >= 11 is 0. The third-order valence-electron chi connectivity index (χ3n) is 3.65. The minimum absolute atomic E-state index is 0.0818. The fourth-order valence-corrected chi connectivity index (χ4v) is 3.18. The average Bonchev–Trinajstić information content (AvgIpc) is 3.10. The lowest BCUT2D eigenvalue weighted by atomic mass is 10.0. The van der Waals surface area contributed by atoms with E-state index in [4.69, 9.17) is 4.42 Å². The van der Waals surface area contributed by atoms with Crippen molar-refractivity contribution in [2.45, 2.75) is 31.2 Å². The van der Waals surface area contributed by atoms with Crippen molar-refractivity contribution in [2.24, 2.45) is 0 Å². The molecule has 130 valence electrons. The molecule has 8 heteroatoms. The van der Waals surface area contributed by atoms with Crippen LogP contribution in [0.1, 0.15) is 31.2 Å². The van der Waals surface area contributed by atoms with Crippen LogP contribution in [0, 0.1) is 0 Å². The van der Waals surface area contributed by atoms with E-state index in [2.05, 4.69) is 33.8 Å². The van der Waals surface area contributed by atoms with Crippen LogP contribution in [0.25, 0.3) is 11.5 Å². The van der Waals surface area contributed by atoms with Gasteiger partial charge >= 0.3 is 0 Å². The van der Waals surface area contributed by atoms with Gasteiger partial charge in [0.1, 0.15) is 0 Å². The highest BCUT2D eigenvalue weighted by atomic mass is 32.2. The van der Waals surface area contributed by atoms with Crippen LogP contribution in [0.15, 0.2) is 58.1 Å². The van der Waals surface area contributed by atoms with Crippen LogP contribution in [0.2, 0.25) is 0 Å². The molecular formula is C17H18N4O3S. The van der Waals surface area contributed by atoms with E-state index < -0.39 is 10.0 Å². The first-order valence-electron chi connectivity index (χ1n) is 7.78. The van der Waals surface area contributed by atoms with Crippen molar-refractivity contribution >= 4 is 10.0 Å². The number of hydrogen-bond donors (Lipinski definition) is 1. The quantitative estimate of drug-likeness (QED) is 0.727. The predicted molar refractivity (Wildman–Crippen MR) is 92.1 cm³/mol. The number of nitrogens with zero attached hydrogens (tertiary/aromatic N) is 3. The summed E-state index contributed by atoms with van der Waals surface area (Å²) in [5.74, 6) is 0.818. The summed E-state index contributed by atoms with van der Waals surface area (Å²) in [4.78, 5) is 4.17. The lowest BCUT2D eigenvalue weighted by molar-refractivity contribution is 0.494. The maximum atomic E-state index is 12.4. The van der Waals surface area contributed by atoms with E-state index >= 15 is 0 Å². The van der Waals surface area contributed by atoms with Crippen LogP contribution in [-0.4, -0.2) is 23.6 Å². The molecule has 0 aliphatic carbocycles. The highest BCUT2D eigenvalue weighted by Crippen LogP contribution is 2.18. The number of benzene rings is 1. The molecule has 25 heavy (non-hydrogen) atoms. The zero-order chi connectivity index (χ0) is 17.9. The Morgan fingerprint density at radius 1 is 1.12 bits per heavy atom. The Morgan fingerprint density at radius 3 is 2.52 bits per heavy atom. The van der Waals surface area contributed by atoms with Crippen molar-refractivity contribution in [3.63, 3.8) is 0 Å². The van der Waals surface area contributed by atoms with Gasteiger partial charge in [0, 0.05) is 12.4 Å². The molecule has 0 aliphatic rings. The maximum absolute atomic E-state index is 12.4. The first-order valence-corrected chi connectivity index (χ1v) is 9.26. The smallest absolute Gasteiger partial charge is 0.249 e. The third kappa shape index (κ3) is 4.09. The molecule has 0 aliphatic heterocycles. The molecule has 2 heterocycles. The van der Waals surface area contributed by atoms with Gasteiger partial charge in [0.05, 0.1) is 17.0 Å². The number of hydrogen-bond acceptors (Lipinski definition) is 6. The Balaban J connectivity index is 1.69. The molecule has 3 aromatic rings. The summed E-state index contributed by atoms with van der Waals surface area (Å²) in [6, 6.07) is 10.3. The first kappa shape index (κ1) is 17.2. The van der Waals surface area contributed by atoms with Crippen LogP contribution < -0.4 is 4.72 Å². The molecule has 0 radical (unpaired) electrons. The molecule has 0 atom stereocenters. The molecule has 3 rings (SSSR count). The highest BCUT2D eigenvalue weighted by Gasteiger charge is 2.16. The van der Waals surface area contributed by atoms with Gasteiger partial charge < -0.3 is 4.42 Å². The fourth-order valence-electron chi connectivity index (χ4n) is 2.20. The summed E-state index contributed by atoms with van der Waals surface area (Å²) in [5, 5.41) is 7.75. The van der Waals surface area contributed by atoms with Crippen molar-refractivity contribution in [1.29, 1.82) is 0 Å². The number of aromatic nitrogens is 3. The molecule has 0 fully saturated rings. The zero-order valence-electron chi connectivity index (χ0n) is 13.9. The van der Waals surface area contributed by atoms with Crippen LogP contribution in [0.5, 0.6) is 0 Å². The Bertz CT molecular complexity index is 936. The fraction of sp³-hybridized carbons (Fsp3) is 0.235. The number of rotatable bonds is 6. The predicted octanol–water partition coefficient (Wildman–Crippen LogP) is 2.73. The van der Waals surface area contributed by atoms with Crippen LogP contribution in [-0.2, 0) is 16.6 Å². The molecule has 1 N–H and O–H groups in total. The molecule has 0 spiro atoms. The average molecular weight is 358 g/mol. The van der Waals surface area contributed by atoms with Crippen molar-refractivity contribution in [3.05, 3.63) is 60.2 Å². The summed E-state index contributed by atoms with van der Waals surface area (Å²) in [6.45, 7) is 4.02. The molecular weight excluding hydrogens is 340 g/mol. The molecule has 0 amide bonds. The topological polar surface area (TPSA) is 98.0 Å². The van der Waals surface area contributed by atoms with E-state index in [1.165, 1.54) is 0 Å². The third-order valence-corrected chi connectivity index (χ3v) is 5.06. The minimum Gasteiger partial charge on any atom is -0.419 e. The largest absolute Gasteiger partial charge is 0.419 e. The van der Waals surface area contributed by atoms with Gasteiger partial charge in [-0.15, -0.1) is 10.2 Å². The second-order valence-corrected chi connectivity index (χ2v) is 7.56. The number of pyridine rings is 1. The summed E-state index contributed by atoms with van der Waals surface area (Å²) in [6.07, 6.45) is 3.23. The molecule has 2 aromatic heterocycles. The van der Waals surface area contributed by atoms with Gasteiger partial charge in [0.2, 0.25) is 21.8 Å². The normalized spacial score (nSPS) is 11.8. The minimum atomic E-state index is -3.65. The lowest BCUT2D eigenvalue weighted by Gasteiger charge is -2.08. The summed E-state index contributed by atoms with van der Waals surface area (Å²) in [7, 11) is -3.65.